The van der Waals surface area contributed by atoms with E-state index in [2.05, 4.69) is 41.6 Å². The third kappa shape index (κ3) is 3.26. The zero-order valence-electron chi connectivity index (χ0n) is 12.4. The smallest absolute Gasteiger partial charge is 0.0626 e. The summed E-state index contributed by atoms with van der Waals surface area (Å²) in [5.74, 6) is 0. The number of rotatable bonds is 6. The number of aliphatic hydroxyl groups is 1. The maximum absolute atomic E-state index is 9.58. The average molecular weight is 273 g/mol. The lowest BCUT2D eigenvalue weighted by molar-refractivity contribution is 0.243. The van der Waals surface area contributed by atoms with Gasteiger partial charge in [-0.25, -0.2) is 0 Å². The van der Waals surface area contributed by atoms with Crippen LogP contribution in [0.25, 0.3) is 0 Å². The van der Waals surface area contributed by atoms with E-state index in [9.17, 15) is 5.11 Å². The molecule has 20 heavy (non-hydrogen) atoms. The molecule has 0 saturated carbocycles. The molecule has 1 unspecified atom stereocenters. The molecule has 2 rings (SSSR count). The van der Waals surface area contributed by atoms with Crippen LogP contribution < -0.4 is 5.32 Å². The summed E-state index contributed by atoms with van der Waals surface area (Å²) in [4.78, 5) is 0. The van der Waals surface area contributed by atoms with Gasteiger partial charge in [0.05, 0.1) is 18.8 Å². The van der Waals surface area contributed by atoms with Crippen LogP contribution in [-0.2, 0) is 20.0 Å². The standard InChI is InChI=1S/C16H23N3O/c1-4-13-5-7-14(8-6-13)16(11-20)17-9-15-10-18-19(3)12(15)2/h5-8,10,16-17,20H,4,9,11H2,1-3H3. The molecule has 2 aromatic rings. The van der Waals surface area contributed by atoms with Gasteiger partial charge in [0.2, 0.25) is 0 Å². The fourth-order valence-electron chi connectivity index (χ4n) is 2.22. The van der Waals surface area contributed by atoms with E-state index in [0.717, 1.165) is 23.2 Å². The number of hydrogen-bond acceptors (Lipinski definition) is 3. The molecular formula is C16H23N3O. The van der Waals surface area contributed by atoms with Gasteiger partial charge in [-0.15, -0.1) is 0 Å². The monoisotopic (exact) mass is 273 g/mol. The third-order valence-corrected chi connectivity index (χ3v) is 3.85. The van der Waals surface area contributed by atoms with Crippen molar-refractivity contribution in [1.29, 1.82) is 0 Å². The van der Waals surface area contributed by atoms with Gasteiger partial charge in [0, 0.05) is 24.8 Å². The van der Waals surface area contributed by atoms with Crippen LogP contribution in [-0.4, -0.2) is 21.5 Å². The zero-order valence-corrected chi connectivity index (χ0v) is 12.4. The van der Waals surface area contributed by atoms with Gasteiger partial charge in [0.15, 0.2) is 0 Å². The maximum Gasteiger partial charge on any atom is 0.0626 e. The fraction of sp³-hybridized carbons (Fsp3) is 0.438. The van der Waals surface area contributed by atoms with Gasteiger partial charge < -0.3 is 10.4 Å². The minimum absolute atomic E-state index is 0.0412. The Kier molecular flexibility index (Phi) is 4.93. The van der Waals surface area contributed by atoms with Crippen LogP contribution in [0.4, 0.5) is 0 Å². The topological polar surface area (TPSA) is 50.1 Å². The number of hydrogen-bond donors (Lipinski definition) is 2. The Labute approximate surface area is 120 Å². The van der Waals surface area contributed by atoms with Gasteiger partial charge >= 0.3 is 0 Å². The Hall–Kier alpha value is -1.65. The van der Waals surface area contributed by atoms with Gasteiger partial charge in [-0.05, 0) is 24.5 Å². The Bertz CT molecular complexity index is 545. The number of aryl methyl sites for hydroxylation is 2. The first-order chi connectivity index (χ1) is 9.65. The van der Waals surface area contributed by atoms with E-state index < -0.39 is 0 Å². The molecule has 2 N–H and O–H groups in total. The second-order valence-electron chi connectivity index (χ2n) is 5.09. The molecule has 108 valence electrons. The normalized spacial score (nSPS) is 12.6. The minimum atomic E-state index is -0.0412. The molecule has 0 aliphatic heterocycles. The van der Waals surface area contributed by atoms with E-state index in [0.29, 0.717) is 6.54 Å². The summed E-state index contributed by atoms with van der Waals surface area (Å²) in [5, 5.41) is 17.2. The van der Waals surface area contributed by atoms with E-state index in [-0.39, 0.29) is 12.6 Å². The largest absolute Gasteiger partial charge is 0.394 e. The molecule has 0 amide bonds. The Morgan fingerprint density at radius 1 is 1.30 bits per heavy atom. The van der Waals surface area contributed by atoms with Gasteiger partial charge in [-0.1, -0.05) is 31.2 Å². The number of nitrogens with one attached hydrogen (secondary N) is 1. The molecule has 4 heteroatoms. The van der Waals surface area contributed by atoms with E-state index in [4.69, 9.17) is 0 Å². The van der Waals surface area contributed by atoms with Crippen LogP contribution in [0.15, 0.2) is 30.5 Å². The van der Waals surface area contributed by atoms with Gasteiger partial charge in [-0.3, -0.25) is 4.68 Å². The van der Waals surface area contributed by atoms with Crippen molar-refractivity contribution in [3.05, 3.63) is 52.8 Å². The Morgan fingerprint density at radius 3 is 2.50 bits per heavy atom. The molecule has 0 bridgehead atoms. The van der Waals surface area contributed by atoms with E-state index in [1.807, 2.05) is 24.9 Å². The van der Waals surface area contributed by atoms with E-state index >= 15 is 0 Å². The maximum atomic E-state index is 9.58. The number of aliphatic hydroxyl groups excluding tert-OH is 1. The highest BCUT2D eigenvalue weighted by atomic mass is 16.3. The molecule has 0 radical (unpaired) electrons. The molecule has 0 aliphatic carbocycles. The highest BCUT2D eigenvalue weighted by Crippen LogP contribution is 2.15. The summed E-state index contributed by atoms with van der Waals surface area (Å²) in [6.07, 6.45) is 2.91. The van der Waals surface area contributed by atoms with Crippen LogP contribution in [0.1, 0.15) is 35.3 Å². The van der Waals surface area contributed by atoms with Gasteiger partial charge in [-0.2, -0.15) is 5.10 Å². The molecule has 0 saturated heterocycles. The fourth-order valence-corrected chi connectivity index (χ4v) is 2.22. The number of nitrogens with zero attached hydrogens (tertiary/aromatic N) is 2. The van der Waals surface area contributed by atoms with Crippen molar-refractivity contribution in [2.45, 2.75) is 32.9 Å². The van der Waals surface area contributed by atoms with Crippen molar-refractivity contribution in [3.8, 4) is 0 Å². The molecular weight excluding hydrogens is 250 g/mol. The van der Waals surface area contributed by atoms with Gasteiger partial charge in [0.25, 0.3) is 0 Å². The van der Waals surface area contributed by atoms with E-state index in [1.54, 1.807) is 0 Å². The third-order valence-electron chi connectivity index (χ3n) is 3.85. The lowest BCUT2D eigenvalue weighted by Crippen LogP contribution is -2.24. The Balaban J connectivity index is 2.03. The lowest BCUT2D eigenvalue weighted by Gasteiger charge is -2.17. The second-order valence-corrected chi connectivity index (χ2v) is 5.09. The summed E-state index contributed by atoms with van der Waals surface area (Å²) in [5.41, 5.74) is 4.74. The number of aromatic nitrogens is 2. The van der Waals surface area contributed by atoms with Crippen molar-refractivity contribution in [2.24, 2.45) is 7.05 Å². The summed E-state index contributed by atoms with van der Waals surface area (Å²) in [6.45, 7) is 4.99. The first kappa shape index (κ1) is 14.8. The van der Waals surface area contributed by atoms with Crippen molar-refractivity contribution in [3.63, 3.8) is 0 Å². The molecule has 1 aromatic heterocycles. The first-order valence-electron chi connectivity index (χ1n) is 7.06. The second kappa shape index (κ2) is 6.68. The highest BCUT2D eigenvalue weighted by Gasteiger charge is 2.11. The molecule has 4 nitrogen and oxygen atoms in total. The SMILES string of the molecule is CCc1ccc(C(CO)NCc2cnn(C)c2C)cc1. The summed E-state index contributed by atoms with van der Waals surface area (Å²) in [6, 6.07) is 8.37. The molecule has 1 atom stereocenters. The lowest BCUT2D eigenvalue weighted by atomic mass is 10.0. The zero-order chi connectivity index (χ0) is 14.5. The van der Waals surface area contributed by atoms with Gasteiger partial charge in [0.1, 0.15) is 0 Å². The van der Waals surface area contributed by atoms with Crippen molar-refractivity contribution in [1.82, 2.24) is 15.1 Å². The predicted octanol–water partition coefficient (Wildman–Crippen LogP) is 2.11. The predicted molar refractivity (Wildman–Crippen MR) is 80.4 cm³/mol. The molecule has 0 spiro atoms. The average Bonchev–Trinajstić information content (AvgIpc) is 2.80. The minimum Gasteiger partial charge on any atom is -0.394 e. The number of benzene rings is 1. The van der Waals surface area contributed by atoms with Crippen LogP contribution >= 0.6 is 0 Å². The summed E-state index contributed by atoms with van der Waals surface area (Å²) >= 11 is 0. The van der Waals surface area contributed by atoms with Crippen molar-refractivity contribution in [2.75, 3.05) is 6.61 Å². The van der Waals surface area contributed by atoms with E-state index in [1.165, 1.54) is 5.56 Å². The molecule has 0 fully saturated rings. The Morgan fingerprint density at radius 2 is 2.00 bits per heavy atom. The molecule has 0 aliphatic rings. The van der Waals surface area contributed by atoms with Crippen LogP contribution in [0.5, 0.6) is 0 Å². The first-order valence-corrected chi connectivity index (χ1v) is 7.06. The quantitative estimate of drug-likeness (QED) is 0.847. The summed E-state index contributed by atoms with van der Waals surface area (Å²) < 4.78 is 1.86. The van der Waals surface area contributed by atoms with Crippen LogP contribution in [0.2, 0.25) is 0 Å². The molecule has 1 heterocycles. The van der Waals surface area contributed by atoms with Crippen molar-refractivity contribution >= 4 is 0 Å². The van der Waals surface area contributed by atoms with Crippen LogP contribution in [0, 0.1) is 6.92 Å². The highest BCUT2D eigenvalue weighted by molar-refractivity contribution is 5.25. The summed E-state index contributed by atoms with van der Waals surface area (Å²) in [7, 11) is 1.94. The van der Waals surface area contributed by atoms with Crippen LogP contribution in [0.3, 0.4) is 0 Å². The molecule has 1 aromatic carbocycles. The van der Waals surface area contributed by atoms with Crippen molar-refractivity contribution < 1.29 is 5.11 Å².